The number of carboxylic acid groups (broad SMARTS) is 1. The largest absolute Gasteiger partial charge is 0.480 e. The molecule has 0 aliphatic heterocycles. The molecule has 0 saturated carbocycles. The van der Waals surface area contributed by atoms with Gasteiger partial charge in [-0.15, -0.1) is 0 Å². The average molecular weight is 174 g/mol. The van der Waals surface area contributed by atoms with Crippen LogP contribution in [0.25, 0.3) is 0 Å². The Hall–Kier alpha value is -0.610. The predicted molar refractivity (Wildman–Crippen MR) is 47.9 cm³/mol. The minimum absolute atomic E-state index is 0.165. The average Bonchev–Trinajstić information content (AvgIpc) is 1.85. The van der Waals surface area contributed by atoms with Crippen LogP contribution >= 0.6 is 0 Å². The first-order chi connectivity index (χ1) is 5.49. The van der Waals surface area contributed by atoms with Crippen LogP contribution in [0.5, 0.6) is 0 Å². The number of hydrogen-bond acceptors (Lipinski definition) is 3. The van der Waals surface area contributed by atoms with Crippen LogP contribution < -0.4 is 5.73 Å². The lowest BCUT2D eigenvalue weighted by molar-refractivity contribution is -0.142. The van der Waals surface area contributed by atoms with Gasteiger partial charge < -0.3 is 10.8 Å². The van der Waals surface area contributed by atoms with Gasteiger partial charge in [0.2, 0.25) is 0 Å². The SMILES string of the molecule is CC(C)CN(C)C(CN)C(=O)O. The second kappa shape index (κ2) is 5.11. The Morgan fingerprint density at radius 3 is 2.33 bits per heavy atom. The molecule has 0 spiro atoms. The van der Waals surface area contributed by atoms with Crippen LogP contribution in [0.3, 0.4) is 0 Å². The predicted octanol–water partition coefficient (Wildman–Crippen LogP) is -0.0139. The molecule has 1 atom stereocenters. The van der Waals surface area contributed by atoms with E-state index in [0.717, 1.165) is 6.54 Å². The second-order valence-electron chi connectivity index (χ2n) is 3.42. The van der Waals surface area contributed by atoms with Gasteiger partial charge in [0.05, 0.1) is 0 Å². The van der Waals surface area contributed by atoms with E-state index in [1.54, 1.807) is 11.9 Å². The Labute approximate surface area is 73.3 Å². The minimum Gasteiger partial charge on any atom is -0.480 e. The molecule has 0 fully saturated rings. The maximum absolute atomic E-state index is 10.6. The molecule has 0 aromatic carbocycles. The monoisotopic (exact) mass is 174 g/mol. The van der Waals surface area contributed by atoms with E-state index in [1.165, 1.54) is 0 Å². The molecule has 0 aromatic heterocycles. The Bertz CT molecular complexity index is 148. The highest BCUT2D eigenvalue weighted by Crippen LogP contribution is 2.00. The first kappa shape index (κ1) is 11.4. The molecule has 0 aliphatic carbocycles. The maximum atomic E-state index is 10.6. The number of nitrogens with two attached hydrogens (primary N) is 1. The van der Waals surface area contributed by atoms with Gasteiger partial charge in [0.25, 0.3) is 0 Å². The summed E-state index contributed by atoms with van der Waals surface area (Å²) in [5.74, 6) is -0.385. The first-order valence-corrected chi connectivity index (χ1v) is 4.12. The van der Waals surface area contributed by atoms with Gasteiger partial charge in [-0.25, -0.2) is 0 Å². The number of hydrogen-bond donors (Lipinski definition) is 2. The van der Waals surface area contributed by atoms with Crippen molar-refractivity contribution < 1.29 is 9.90 Å². The molecular formula is C8H18N2O2. The minimum atomic E-state index is -0.847. The lowest BCUT2D eigenvalue weighted by atomic mass is 10.2. The molecule has 3 N–H and O–H groups in total. The van der Waals surface area contributed by atoms with Gasteiger partial charge in [-0.1, -0.05) is 13.8 Å². The summed E-state index contributed by atoms with van der Waals surface area (Å²) in [5.41, 5.74) is 5.33. The third-order valence-electron chi connectivity index (χ3n) is 1.69. The van der Waals surface area contributed by atoms with Crippen molar-refractivity contribution in [3.8, 4) is 0 Å². The highest BCUT2D eigenvalue weighted by Gasteiger charge is 2.20. The number of carbonyl (C=O) groups is 1. The van der Waals surface area contributed by atoms with Crippen molar-refractivity contribution in [2.75, 3.05) is 20.1 Å². The molecular weight excluding hydrogens is 156 g/mol. The molecule has 0 aliphatic rings. The van der Waals surface area contributed by atoms with E-state index in [1.807, 2.05) is 13.8 Å². The maximum Gasteiger partial charge on any atom is 0.322 e. The smallest absolute Gasteiger partial charge is 0.322 e. The van der Waals surface area contributed by atoms with Crippen molar-refractivity contribution in [2.45, 2.75) is 19.9 Å². The molecule has 0 radical (unpaired) electrons. The van der Waals surface area contributed by atoms with Crippen LogP contribution in [0.2, 0.25) is 0 Å². The van der Waals surface area contributed by atoms with Crippen LogP contribution in [0, 0.1) is 5.92 Å². The fourth-order valence-corrected chi connectivity index (χ4v) is 1.17. The van der Waals surface area contributed by atoms with Gasteiger partial charge in [0, 0.05) is 13.1 Å². The zero-order valence-corrected chi connectivity index (χ0v) is 7.95. The van der Waals surface area contributed by atoms with E-state index < -0.39 is 12.0 Å². The topological polar surface area (TPSA) is 66.6 Å². The van der Waals surface area contributed by atoms with Gasteiger partial charge in [0.1, 0.15) is 6.04 Å². The standard InChI is InChI=1S/C8H18N2O2/c1-6(2)5-10(3)7(4-9)8(11)12/h6-7H,4-5,9H2,1-3H3,(H,11,12). The lowest BCUT2D eigenvalue weighted by Gasteiger charge is -2.24. The third-order valence-corrected chi connectivity index (χ3v) is 1.69. The molecule has 0 aromatic rings. The summed E-state index contributed by atoms with van der Waals surface area (Å²) in [6, 6.07) is -0.549. The third kappa shape index (κ3) is 3.69. The normalized spacial score (nSPS) is 13.8. The Kier molecular flexibility index (Phi) is 4.85. The van der Waals surface area contributed by atoms with Crippen LogP contribution in [-0.2, 0) is 4.79 Å². The van der Waals surface area contributed by atoms with Crippen molar-refractivity contribution in [2.24, 2.45) is 11.7 Å². The van der Waals surface area contributed by atoms with E-state index in [4.69, 9.17) is 10.8 Å². The molecule has 0 amide bonds. The van der Waals surface area contributed by atoms with Crippen LogP contribution in [-0.4, -0.2) is 42.2 Å². The number of likely N-dealkylation sites (N-methyl/N-ethyl adjacent to an activating group) is 1. The number of rotatable bonds is 5. The summed E-state index contributed by atoms with van der Waals surface area (Å²) in [7, 11) is 1.78. The molecule has 12 heavy (non-hydrogen) atoms. The number of carboxylic acids is 1. The van der Waals surface area contributed by atoms with Gasteiger partial charge in [0.15, 0.2) is 0 Å². The molecule has 0 rings (SSSR count). The van der Waals surface area contributed by atoms with E-state index in [9.17, 15) is 4.79 Å². The lowest BCUT2D eigenvalue weighted by Crippen LogP contribution is -2.45. The van der Waals surface area contributed by atoms with Crippen molar-refractivity contribution in [1.82, 2.24) is 4.90 Å². The van der Waals surface area contributed by atoms with Crippen molar-refractivity contribution >= 4 is 5.97 Å². The quantitative estimate of drug-likeness (QED) is 0.615. The zero-order valence-electron chi connectivity index (χ0n) is 7.95. The Morgan fingerprint density at radius 1 is 1.58 bits per heavy atom. The number of nitrogens with zero attached hydrogens (tertiary/aromatic N) is 1. The van der Waals surface area contributed by atoms with E-state index in [2.05, 4.69) is 0 Å². The number of aliphatic carboxylic acids is 1. The van der Waals surface area contributed by atoms with Crippen LogP contribution in [0.15, 0.2) is 0 Å². The molecule has 1 unspecified atom stereocenters. The molecule has 4 heteroatoms. The summed E-state index contributed by atoms with van der Waals surface area (Å²) in [5, 5.41) is 8.73. The van der Waals surface area contributed by atoms with Gasteiger partial charge >= 0.3 is 5.97 Å². The second-order valence-corrected chi connectivity index (χ2v) is 3.42. The summed E-state index contributed by atoms with van der Waals surface area (Å²) in [6.45, 7) is 5.02. The van der Waals surface area contributed by atoms with Gasteiger partial charge in [-0.05, 0) is 13.0 Å². The van der Waals surface area contributed by atoms with Crippen molar-refractivity contribution in [1.29, 1.82) is 0 Å². The summed E-state index contributed by atoms with van der Waals surface area (Å²) in [4.78, 5) is 12.4. The van der Waals surface area contributed by atoms with E-state index >= 15 is 0 Å². The molecule has 4 nitrogen and oxygen atoms in total. The first-order valence-electron chi connectivity index (χ1n) is 4.12. The highest BCUT2D eigenvalue weighted by atomic mass is 16.4. The zero-order chi connectivity index (χ0) is 9.72. The summed E-state index contributed by atoms with van der Waals surface area (Å²) < 4.78 is 0. The highest BCUT2D eigenvalue weighted by molar-refractivity contribution is 5.73. The van der Waals surface area contributed by atoms with Crippen molar-refractivity contribution in [3.05, 3.63) is 0 Å². The van der Waals surface area contributed by atoms with E-state index in [0.29, 0.717) is 5.92 Å². The summed E-state index contributed by atoms with van der Waals surface area (Å²) >= 11 is 0. The molecule has 0 heterocycles. The van der Waals surface area contributed by atoms with Crippen LogP contribution in [0.1, 0.15) is 13.8 Å². The molecule has 0 saturated heterocycles. The fraction of sp³-hybridized carbons (Fsp3) is 0.875. The fourth-order valence-electron chi connectivity index (χ4n) is 1.17. The Morgan fingerprint density at radius 2 is 2.08 bits per heavy atom. The Balaban J connectivity index is 4.02. The summed E-state index contributed by atoms with van der Waals surface area (Å²) in [6.07, 6.45) is 0. The molecule has 72 valence electrons. The van der Waals surface area contributed by atoms with Gasteiger partial charge in [-0.3, -0.25) is 9.69 Å². The van der Waals surface area contributed by atoms with Crippen LogP contribution in [0.4, 0.5) is 0 Å². The molecule has 0 bridgehead atoms. The van der Waals surface area contributed by atoms with E-state index in [-0.39, 0.29) is 6.54 Å². The van der Waals surface area contributed by atoms with Gasteiger partial charge in [-0.2, -0.15) is 0 Å². The van der Waals surface area contributed by atoms with Crippen molar-refractivity contribution in [3.63, 3.8) is 0 Å².